The van der Waals surface area contributed by atoms with Crippen LogP contribution in [0.1, 0.15) is 74.7 Å². The number of amidine groups is 1. The number of hydrogen-bond acceptors (Lipinski definition) is 6. The van der Waals surface area contributed by atoms with E-state index in [0.717, 1.165) is 62.4 Å². The molecule has 2 amide bonds. The van der Waals surface area contributed by atoms with E-state index in [2.05, 4.69) is 30.1 Å². The number of ether oxygens (including phenoxy) is 1. The van der Waals surface area contributed by atoms with Crippen LogP contribution in [-0.4, -0.2) is 70.8 Å². The molecule has 1 N–H and O–H groups in total. The van der Waals surface area contributed by atoms with E-state index in [1.807, 2.05) is 26.1 Å². The second-order valence-electron chi connectivity index (χ2n) is 11.2. The highest BCUT2D eigenvalue weighted by atomic mass is 16.5. The van der Waals surface area contributed by atoms with Crippen molar-refractivity contribution in [1.82, 2.24) is 20.2 Å². The number of rotatable bonds is 8. The van der Waals surface area contributed by atoms with E-state index in [0.29, 0.717) is 24.5 Å². The number of carbonyl (C=O) groups excluding carboxylic acids is 2. The molecule has 0 unspecified atom stereocenters. The van der Waals surface area contributed by atoms with Crippen LogP contribution in [0, 0.1) is 5.92 Å². The predicted molar refractivity (Wildman–Crippen MR) is 151 cm³/mol. The summed E-state index contributed by atoms with van der Waals surface area (Å²) in [6.45, 7) is 7.76. The highest BCUT2D eigenvalue weighted by Gasteiger charge is 2.36. The molecule has 2 aromatic heterocycles. The Morgan fingerprint density at radius 3 is 2.64 bits per heavy atom. The smallest absolute Gasteiger partial charge is 0.280 e. The first kappa shape index (κ1) is 27.2. The lowest BCUT2D eigenvalue weighted by molar-refractivity contribution is -0.126. The molecule has 9 heteroatoms. The van der Waals surface area contributed by atoms with Gasteiger partial charge in [0.15, 0.2) is 0 Å². The minimum absolute atomic E-state index is 0.0225. The summed E-state index contributed by atoms with van der Waals surface area (Å²) in [5, 5.41) is 3.06. The average molecular weight is 533 g/mol. The fraction of sp³-hybridized carbons (Fsp3) is 0.567. The molecular formula is C30H40N6O3. The van der Waals surface area contributed by atoms with Crippen LogP contribution in [0.25, 0.3) is 0 Å². The number of carbonyl (C=O) groups is 2. The van der Waals surface area contributed by atoms with Gasteiger partial charge in [0.25, 0.3) is 5.91 Å². The molecule has 2 fully saturated rings. The largest absolute Gasteiger partial charge is 0.476 e. The Bertz CT molecular complexity index is 1170. The Hall–Kier alpha value is -3.33. The normalized spacial score (nSPS) is 22.6. The van der Waals surface area contributed by atoms with Crippen LogP contribution < -0.4 is 15.0 Å². The number of aliphatic imine (C=N–C) groups is 1. The Kier molecular flexibility index (Phi) is 8.86. The molecule has 0 spiro atoms. The van der Waals surface area contributed by atoms with Crippen molar-refractivity contribution >= 4 is 23.3 Å². The van der Waals surface area contributed by atoms with Crippen molar-refractivity contribution in [2.24, 2.45) is 10.9 Å². The van der Waals surface area contributed by atoms with Gasteiger partial charge >= 0.3 is 0 Å². The molecule has 3 aliphatic rings. The van der Waals surface area contributed by atoms with Crippen molar-refractivity contribution in [3.63, 3.8) is 0 Å². The lowest BCUT2D eigenvalue weighted by Crippen LogP contribution is -2.44. The topological polar surface area (TPSA) is 100 Å². The molecule has 0 aromatic carbocycles. The van der Waals surface area contributed by atoms with Crippen LogP contribution in [-0.2, 0) is 11.2 Å². The highest BCUT2D eigenvalue weighted by molar-refractivity contribution is 6.12. The second-order valence-corrected chi connectivity index (χ2v) is 11.2. The molecule has 5 rings (SSSR count). The maximum absolute atomic E-state index is 13.0. The van der Waals surface area contributed by atoms with Gasteiger partial charge in [-0.25, -0.2) is 4.98 Å². The number of fused-ring (bicyclic) bond motifs is 1. The van der Waals surface area contributed by atoms with Crippen molar-refractivity contribution in [3.05, 3.63) is 47.9 Å². The van der Waals surface area contributed by atoms with Gasteiger partial charge in [-0.15, -0.1) is 0 Å². The quantitative estimate of drug-likeness (QED) is 0.548. The summed E-state index contributed by atoms with van der Waals surface area (Å²) in [6, 6.07) is 5.77. The van der Waals surface area contributed by atoms with Crippen LogP contribution in [0.15, 0.2) is 41.8 Å². The average Bonchev–Trinajstić information content (AvgIpc) is 3.30. The maximum Gasteiger partial charge on any atom is 0.280 e. The third-order valence-electron chi connectivity index (χ3n) is 7.93. The van der Waals surface area contributed by atoms with Gasteiger partial charge in [-0.2, -0.15) is 4.99 Å². The standard InChI is InChI=1S/C30H40N6O3/c1-21(2)33-29(37)22-8-10-25(11-9-22)36-26-18-28(39-16-15-35-13-4-3-5-14-35)32-20-24(26)17-27(36)34-30(38)23-7-6-12-31-19-23/h6-7,12,18-22,25H,3-5,8-11,13-17H2,1-2H3,(H,33,37). The van der Waals surface area contributed by atoms with Crippen molar-refractivity contribution in [2.45, 2.75) is 77.3 Å². The molecule has 0 radical (unpaired) electrons. The molecule has 0 bridgehead atoms. The number of hydrogen-bond donors (Lipinski definition) is 1. The lowest BCUT2D eigenvalue weighted by atomic mass is 9.84. The third kappa shape index (κ3) is 6.82. The zero-order valence-corrected chi connectivity index (χ0v) is 23.1. The number of nitrogens with zero attached hydrogens (tertiary/aromatic N) is 5. The number of aromatic nitrogens is 2. The Morgan fingerprint density at radius 2 is 1.92 bits per heavy atom. The first-order valence-corrected chi connectivity index (χ1v) is 14.4. The molecule has 1 saturated heterocycles. The van der Waals surface area contributed by atoms with Gasteiger partial charge in [-0.05, 0) is 77.6 Å². The number of likely N-dealkylation sites (tertiary alicyclic amines) is 1. The van der Waals surface area contributed by atoms with Gasteiger partial charge < -0.3 is 15.0 Å². The molecule has 9 nitrogen and oxygen atoms in total. The van der Waals surface area contributed by atoms with E-state index >= 15 is 0 Å². The third-order valence-corrected chi connectivity index (χ3v) is 7.93. The first-order chi connectivity index (χ1) is 19.0. The number of anilines is 1. The van der Waals surface area contributed by atoms with Crippen molar-refractivity contribution in [1.29, 1.82) is 0 Å². The van der Waals surface area contributed by atoms with Gasteiger partial charge in [0.05, 0.1) is 11.3 Å². The molecule has 0 atom stereocenters. The van der Waals surface area contributed by atoms with E-state index in [-0.39, 0.29) is 29.8 Å². The molecule has 1 saturated carbocycles. The molecule has 2 aromatic rings. The summed E-state index contributed by atoms with van der Waals surface area (Å²) in [5.74, 6) is 1.18. The van der Waals surface area contributed by atoms with E-state index < -0.39 is 0 Å². The van der Waals surface area contributed by atoms with Crippen molar-refractivity contribution < 1.29 is 14.3 Å². The predicted octanol–water partition coefficient (Wildman–Crippen LogP) is 4.03. The zero-order chi connectivity index (χ0) is 27.2. The highest BCUT2D eigenvalue weighted by Crippen LogP contribution is 2.38. The van der Waals surface area contributed by atoms with Crippen LogP contribution >= 0.6 is 0 Å². The summed E-state index contributed by atoms with van der Waals surface area (Å²) in [5.41, 5.74) is 2.51. The summed E-state index contributed by atoms with van der Waals surface area (Å²) in [4.78, 5) is 43.5. The van der Waals surface area contributed by atoms with E-state index in [4.69, 9.17) is 4.74 Å². The number of pyridine rings is 2. The van der Waals surface area contributed by atoms with E-state index in [1.54, 1.807) is 24.5 Å². The molecule has 39 heavy (non-hydrogen) atoms. The molecular weight excluding hydrogens is 492 g/mol. The van der Waals surface area contributed by atoms with Crippen LogP contribution in [0.2, 0.25) is 0 Å². The molecule has 2 aliphatic heterocycles. The number of nitrogens with one attached hydrogen (secondary N) is 1. The second kappa shape index (κ2) is 12.7. The van der Waals surface area contributed by atoms with Gasteiger partial charge in [0, 0.05) is 61.2 Å². The maximum atomic E-state index is 13.0. The van der Waals surface area contributed by atoms with Gasteiger partial charge in [0.2, 0.25) is 11.8 Å². The van der Waals surface area contributed by atoms with Gasteiger partial charge in [0.1, 0.15) is 12.4 Å². The Balaban J connectivity index is 1.33. The summed E-state index contributed by atoms with van der Waals surface area (Å²) in [6.07, 6.45) is 12.7. The minimum atomic E-state index is -0.299. The molecule has 1 aliphatic carbocycles. The van der Waals surface area contributed by atoms with Crippen LogP contribution in [0.4, 0.5) is 5.69 Å². The van der Waals surface area contributed by atoms with Crippen LogP contribution in [0.3, 0.4) is 0 Å². The first-order valence-electron chi connectivity index (χ1n) is 14.4. The Labute approximate surface area is 231 Å². The summed E-state index contributed by atoms with van der Waals surface area (Å²) in [7, 11) is 0. The van der Waals surface area contributed by atoms with Gasteiger partial charge in [-0.1, -0.05) is 6.42 Å². The molecule has 4 heterocycles. The monoisotopic (exact) mass is 532 g/mol. The molecule has 208 valence electrons. The fourth-order valence-corrected chi connectivity index (χ4v) is 5.92. The SMILES string of the molecule is CC(C)NC(=O)C1CCC(N2C(=NC(=O)c3cccnc3)Cc3cnc(OCCN4CCCCC4)cc32)CC1. The number of amides is 2. The zero-order valence-electron chi connectivity index (χ0n) is 23.1. The summed E-state index contributed by atoms with van der Waals surface area (Å²) >= 11 is 0. The summed E-state index contributed by atoms with van der Waals surface area (Å²) < 4.78 is 6.09. The van der Waals surface area contributed by atoms with Crippen molar-refractivity contribution in [2.75, 3.05) is 31.1 Å². The minimum Gasteiger partial charge on any atom is -0.476 e. The van der Waals surface area contributed by atoms with E-state index in [9.17, 15) is 9.59 Å². The fourth-order valence-electron chi connectivity index (χ4n) is 5.92. The number of piperidine rings is 1. The lowest BCUT2D eigenvalue weighted by Gasteiger charge is -2.36. The van der Waals surface area contributed by atoms with Gasteiger partial charge in [-0.3, -0.25) is 19.5 Å². The Morgan fingerprint density at radius 1 is 1.13 bits per heavy atom. The van der Waals surface area contributed by atoms with E-state index in [1.165, 1.54) is 19.3 Å². The van der Waals surface area contributed by atoms with Crippen molar-refractivity contribution in [3.8, 4) is 5.88 Å². The van der Waals surface area contributed by atoms with Crippen LogP contribution in [0.5, 0.6) is 5.88 Å².